The number of carbonyl (C=O) groups excluding carboxylic acids is 1. The van der Waals surface area contributed by atoms with Crippen molar-refractivity contribution in [2.24, 2.45) is 0 Å². The van der Waals surface area contributed by atoms with Gasteiger partial charge < -0.3 is 14.9 Å². The second-order valence-corrected chi connectivity index (χ2v) is 6.67. The minimum atomic E-state index is -0.795. The van der Waals surface area contributed by atoms with Crippen molar-refractivity contribution in [3.63, 3.8) is 0 Å². The lowest BCUT2D eigenvalue weighted by molar-refractivity contribution is 0.00304. The number of benzene rings is 1. The molecule has 0 spiro atoms. The highest BCUT2D eigenvalue weighted by atomic mass is 35.5. The lowest BCUT2D eigenvalue weighted by Gasteiger charge is -2.30. The molecule has 1 aliphatic heterocycles. The molecule has 1 heterocycles. The molecule has 0 radical (unpaired) electrons. The Balaban J connectivity index is 2.09. The van der Waals surface area contributed by atoms with E-state index >= 15 is 0 Å². The number of rotatable bonds is 3. The molecule has 1 aliphatic rings. The van der Waals surface area contributed by atoms with E-state index in [1.165, 1.54) is 12.1 Å². The van der Waals surface area contributed by atoms with Gasteiger partial charge in [0, 0.05) is 24.7 Å². The van der Waals surface area contributed by atoms with Gasteiger partial charge in [-0.3, -0.25) is 4.79 Å². The molecule has 0 bridgehead atoms. The number of hydrogen-bond donors (Lipinski definition) is 1. The number of likely N-dealkylation sites (tertiary alicyclic amines) is 1. The summed E-state index contributed by atoms with van der Waals surface area (Å²) >= 11 is 5.72. The van der Waals surface area contributed by atoms with Crippen LogP contribution in [0.1, 0.15) is 29.6 Å². The Morgan fingerprint density at radius 2 is 2.14 bits per heavy atom. The number of nitrogens with zero attached hydrogens (tertiary/aromatic N) is 2. The molecule has 1 N–H and O–H groups in total. The Morgan fingerprint density at radius 1 is 1.41 bits per heavy atom. The maximum Gasteiger partial charge on any atom is 0.256 e. The first-order valence-corrected chi connectivity index (χ1v) is 7.80. The van der Waals surface area contributed by atoms with E-state index in [4.69, 9.17) is 11.6 Å². The van der Waals surface area contributed by atoms with Gasteiger partial charge in [0.15, 0.2) is 0 Å². The quantitative estimate of drug-likeness (QED) is 0.926. The maximum atomic E-state index is 13.9. The van der Waals surface area contributed by atoms with Gasteiger partial charge in [-0.25, -0.2) is 4.39 Å². The van der Waals surface area contributed by atoms with Crippen LogP contribution in [0.5, 0.6) is 0 Å². The van der Waals surface area contributed by atoms with E-state index in [0.29, 0.717) is 38.9 Å². The second-order valence-electron chi connectivity index (χ2n) is 6.23. The Labute approximate surface area is 135 Å². The highest BCUT2D eigenvalue weighted by molar-refractivity contribution is 6.30. The molecule has 22 heavy (non-hydrogen) atoms. The van der Waals surface area contributed by atoms with Crippen LogP contribution >= 0.6 is 11.6 Å². The zero-order valence-corrected chi connectivity index (χ0v) is 13.7. The first-order chi connectivity index (χ1) is 10.3. The summed E-state index contributed by atoms with van der Waals surface area (Å²) in [5.74, 6) is -0.950. The summed E-state index contributed by atoms with van der Waals surface area (Å²) in [5, 5.41) is 10.9. The summed E-state index contributed by atoms with van der Waals surface area (Å²) in [5.41, 5.74) is -0.765. The molecular formula is C16H22ClFN2O2. The molecule has 1 saturated heterocycles. The molecule has 1 aromatic rings. The molecule has 0 aliphatic carbocycles. The molecule has 2 rings (SSSR count). The highest BCUT2D eigenvalue weighted by Crippen LogP contribution is 2.25. The van der Waals surface area contributed by atoms with Crippen molar-refractivity contribution in [2.45, 2.75) is 24.9 Å². The van der Waals surface area contributed by atoms with Gasteiger partial charge in [-0.05, 0) is 51.6 Å². The molecule has 1 aromatic carbocycles. The van der Waals surface area contributed by atoms with Crippen molar-refractivity contribution in [2.75, 3.05) is 33.7 Å². The van der Waals surface area contributed by atoms with Crippen LogP contribution in [0, 0.1) is 5.82 Å². The van der Waals surface area contributed by atoms with Crippen molar-refractivity contribution in [1.29, 1.82) is 0 Å². The van der Waals surface area contributed by atoms with Crippen LogP contribution in [0.2, 0.25) is 5.02 Å². The topological polar surface area (TPSA) is 43.8 Å². The number of aliphatic hydroxyl groups is 1. The van der Waals surface area contributed by atoms with Gasteiger partial charge in [0.25, 0.3) is 5.91 Å². The van der Waals surface area contributed by atoms with Crippen LogP contribution in [0.15, 0.2) is 18.2 Å². The van der Waals surface area contributed by atoms with Gasteiger partial charge in [-0.1, -0.05) is 11.6 Å². The van der Waals surface area contributed by atoms with Gasteiger partial charge in [-0.2, -0.15) is 0 Å². The third-order valence-corrected chi connectivity index (χ3v) is 4.21. The lowest BCUT2D eigenvalue weighted by atomic mass is 9.94. The predicted octanol–water partition coefficient (Wildman–Crippen LogP) is 2.40. The minimum absolute atomic E-state index is 0.0300. The van der Waals surface area contributed by atoms with Crippen molar-refractivity contribution in [3.8, 4) is 0 Å². The van der Waals surface area contributed by atoms with Crippen molar-refractivity contribution < 1.29 is 14.3 Å². The summed E-state index contributed by atoms with van der Waals surface area (Å²) < 4.78 is 13.9. The van der Waals surface area contributed by atoms with Crippen LogP contribution in [-0.2, 0) is 0 Å². The Hall–Kier alpha value is -1.17. The third kappa shape index (κ3) is 4.18. The number of hydrogen-bond acceptors (Lipinski definition) is 3. The third-order valence-electron chi connectivity index (χ3n) is 3.98. The fraction of sp³-hybridized carbons (Fsp3) is 0.562. The monoisotopic (exact) mass is 328 g/mol. The van der Waals surface area contributed by atoms with Crippen LogP contribution < -0.4 is 0 Å². The summed E-state index contributed by atoms with van der Waals surface area (Å²) in [4.78, 5) is 16.0. The fourth-order valence-electron chi connectivity index (χ4n) is 2.96. The average Bonchev–Trinajstić information content (AvgIpc) is 2.59. The Bertz CT molecular complexity index is 553. The van der Waals surface area contributed by atoms with Gasteiger partial charge in [0.1, 0.15) is 5.82 Å². The van der Waals surface area contributed by atoms with Gasteiger partial charge in [-0.15, -0.1) is 0 Å². The maximum absolute atomic E-state index is 13.9. The van der Waals surface area contributed by atoms with Crippen molar-refractivity contribution in [3.05, 3.63) is 34.6 Å². The second kappa shape index (κ2) is 6.94. The first-order valence-electron chi connectivity index (χ1n) is 7.42. The van der Waals surface area contributed by atoms with E-state index in [1.54, 1.807) is 4.90 Å². The number of amides is 1. The summed E-state index contributed by atoms with van der Waals surface area (Å²) in [7, 11) is 3.82. The predicted molar refractivity (Wildman–Crippen MR) is 84.7 cm³/mol. The molecule has 122 valence electrons. The van der Waals surface area contributed by atoms with E-state index in [-0.39, 0.29) is 16.5 Å². The Morgan fingerprint density at radius 3 is 2.77 bits per heavy atom. The smallest absolute Gasteiger partial charge is 0.256 e. The van der Waals surface area contributed by atoms with Crippen LogP contribution in [0.4, 0.5) is 4.39 Å². The molecule has 6 heteroatoms. The molecule has 0 unspecified atom stereocenters. The molecule has 1 fully saturated rings. The van der Waals surface area contributed by atoms with E-state index in [1.807, 2.05) is 19.0 Å². The number of halogens is 2. The highest BCUT2D eigenvalue weighted by Gasteiger charge is 2.32. The lowest BCUT2D eigenvalue weighted by Crippen LogP contribution is -2.41. The van der Waals surface area contributed by atoms with E-state index in [9.17, 15) is 14.3 Å². The molecule has 4 nitrogen and oxygen atoms in total. The number of carbonyl (C=O) groups is 1. The summed E-state index contributed by atoms with van der Waals surface area (Å²) in [6.45, 7) is 1.51. The zero-order chi connectivity index (χ0) is 16.3. The fourth-order valence-corrected chi connectivity index (χ4v) is 3.12. The molecule has 0 saturated carbocycles. The van der Waals surface area contributed by atoms with Crippen LogP contribution in [0.25, 0.3) is 0 Å². The van der Waals surface area contributed by atoms with Crippen molar-refractivity contribution >= 4 is 17.5 Å². The first kappa shape index (κ1) is 17.2. The summed E-state index contributed by atoms with van der Waals surface area (Å²) in [6, 6.07) is 4.07. The van der Waals surface area contributed by atoms with E-state index < -0.39 is 11.4 Å². The average molecular weight is 329 g/mol. The van der Waals surface area contributed by atoms with E-state index in [2.05, 4.69) is 0 Å². The van der Waals surface area contributed by atoms with Gasteiger partial charge in [0.05, 0.1) is 11.2 Å². The zero-order valence-electron chi connectivity index (χ0n) is 13.0. The van der Waals surface area contributed by atoms with E-state index in [0.717, 1.165) is 6.07 Å². The minimum Gasteiger partial charge on any atom is -0.388 e. The molecule has 0 aromatic heterocycles. The van der Waals surface area contributed by atoms with Crippen LogP contribution in [0.3, 0.4) is 0 Å². The van der Waals surface area contributed by atoms with Gasteiger partial charge in [0.2, 0.25) is 0 Å². The Kier molecular flexibility index (Phi) is 5.42. The SMILES string of the molecule is CN(C)C[C@@]1(O)CCCN(C(=O)c2ccc(Cl)cc2F)CC1. The normalized spacial score (nSPS) is 22.7. The molecular weight excluding hydrogens is 307 g/mol. The standard InChI is InChI=1S/C16H22ClFN2O2/c1-19(2)11-16(22)6-3-8-20(9-7-16)15(21)13-5-4-12(17)10-14(13)18/h4-5,10,22H,3,6-9,11H2,1-2H3/t16-/m1/s1. The largest absolute Gasteiger partial charge is 0.388 e. The van der Waals surface area contributed by atoms with Crippen LogP contribution in [-0.4, -0.2) is 60.1 Å². The number of likely N-dealkylation sites (N-methyl/N-ethyl adjacent to an activating group) is 1. The molecule has 1 atom stereocenters. The van der Waals surface area contributed by atoms with Gasteiger partial charge >= 0.3 is 0 Å². The summed E-state index contributed by atoms with van der Waals surface area (Å²) in [6.07, 6.45) is 1.83. The van der Waals surface area contributed by atoms with Crippen molar-refractivity contribution in [1.82, 2.24) is 9.80 Å². The molecule has 1 amide bonds.